The maximum atomic E-state index is 9.94. The highest BCUT2D eigenvalue weighted by Crippen LogP contribution is 2.08. The molecule has 0 saturated carbocycles. The van der Waals surface area contributed by atoms with Crippen LogP contribution in [0.4, 0.5) is 0 Å². The third-order valence-corrected chi connectivity index (χ3v) is 1.94. The standard InChI is InChI=1S/C6H8N2OS/c1-5-7-8-6(10-5)3-2-4-9/h4H,2-3H2,1H3. The molecule has 1 aromatic heterocycles. The first-order valence-electron chi connectivity index (χ1n) is 3.05. The summed E-state index contributed by atoms with van der Waals surface area (Å²) in [5, 5.41) is 9.59. The van der Waals surface area contributed by atoms with Gasteiger partial charge >= 0.3 is 0 Å². The lowest BCUT2D eigenvalue weighted by Crippen LogP contribution is -1.83. The Kier molecular flexibility index (Phi) is 2.50. The topological polar surface area (TPSA) is 42.9 Å². The van der Waals surface area contributed by atoms with Crippen LogP contribution in [0.5, 0.6) is 0 Å². The van der Waals surface area contributed by atoms with Crippen LogP contribution < -0.4 is 0 Å². The highest BCUT2D eigenvalue weighted by molar-refractivity contribution is 7.11. The fourth-order valence-corrected chi connectivity index (χ4v) is 1.35. The Bertz CT molecular complexity index is 221. The number of aryl methyl sites for hydroxylation is 2. The largest absolute Gasteiger partial charge is 0.303 e. The Morgan fingerprint density at radius 2 is 2.40 bits per heavy atom. The first kappa shape index (κ1) is 7.34. The summed E-state index contributed by atoms with van der Waals surface area (Å²) in [6.45, 7) is 1.90. The van der Waals surface area contributed by atoms with Crippen molar-refractivity contribution in [1.82, 2.24) is 10.2 Å². The molecule has 0 saturated heterocycles. The van der Waals surface area contributed by atoms with E-state index in [1.807, 2.05) is 6.92 Å². The Labute approximate surface area is 63.1 Å². The second-order valence-electron chi connectivity index (χ2n) is 1.92. The van der Waals surface area contributed by atoms with Crippen molar-refractivity contribution in [1.29, 1.82) is 0 Å². The van der Waals surface area contributed by atoms with Crippen molar-refractivity contribution in [3.63, 3.8) is 0 Å². The number of aromatic nitrogens is 2. The molecule has 0 radical (unpaired) electrons. The lowest BCUT2D eigenvalue weighted by atomic mass is 10.3. The Balaban J connectivity index is 2.49. The van der Waals surface area contributed by atoms with Crippen LogP contribution in [0.25, 0.3) is 0 Å². The van der Waals surface area contributed by atoms with Gasteiger partial charge in [0.15, 0.2) is 0 Å². The maximum absolute atomic E-state index is 9.94. The van der Waals surface area contributed by atoms with E-state index in [1.54, 1.807) is 11.3 Å². The monoisotopic (exact) mass is 156 g/mol. The molecule has 0 spiro atoms. The van der Waals surface area contributed by atoms with Crippen LogP contribution in [0, 0.1) is 6.92 Å². The van der Waals surface area contributed by atoms with E-state index < -0.39 is 0 Å². The van der Waals surface area contributed by atoms with Crippen LogP contribution in [-0.2, 0) is 11.2 Å². The van der Waals surface area contributed by atoms with E-state index in [0.717, 1.165) is 22.7 Å². The van der Waals surface area contributed by atoms with Gasteiger partial charge in [0.25, 0.3) is 0 Å². The number of aldehydes is 1. The predicted molar refractivity (Wildman–Crippen MR) is 39.0 cm³/mol. The van der Waals surface area contributed by atoms with Gasteiger partial charge in [-0.25, -0.2) is 0 Å². The van der Waals surface area contributed by atoms with E-state index in [1.165, 1.54) is 0 Å². The molecule has 0 aromatic carbocycles. The van der Waals surface area contributed by atoms with Crippen molar-refractivity contribution in [3.05, 3.63) is 10.0 Å². The summed E-state index contributed by atoms with van der Waals surface area (Å²) in [4.78, 5) is 9.94. The van der Waals surface area contributed by atoms with Gasteiger partial charge in [0.05, 0.1) is 0 Å². The molecular weight excluding hydrogens is 148 g/mol. The third-order valence-electron chi connectivity index (χ3n) is 1.04. The van der Waals surface area contributed by atoms with Gasteiger partial charge in [-0.3, -0.25) is 0 Å². The fourth-order valence-electron chi connectivity index (χ4n) is 0.621. The number of rotatable bonds is 3. The first-order chi connectivity index (χ1) is 4.83. The fraction of sp³-hybridized carbons (Fsp3) is 0.500. The van der Waals surface area contributed by atoms with E-state index in [-0.39, 0.29) is 0 Å². The molecule has 0 aliphatic heterocycles. The molecule has 0 unspecified atom stereocenters. The van der Waals surface area contributed by atoms with Crippen LogP contribution in [-0.4, -0.2) is 16.5 Å². The molecule has 0 N–H and O–H groups in total. The van der Waals surface area contributed by atoms with Crippen molar-refractivity contribution in [3.8, 4) is 0 Å². The van der Waals surface area contributed by atoms with Gasteiger partial charge < -0.3 is 4.79 Å². The van der Waals surface area contributed by atoms with Gasteiger partial charge in [-0.15, -0.1) is 21.5 Å². The Hall–Kier alpha value is -0.770. The zero-order chi connectivity index (χ0) is 7.40. The predicted octanol–water partition coefficient (Wildman–Crippen LogP) is 0.978. The van der Waals surface area contributed by atoms with Gasteiger partial charge in [-0.2, -0.15) is 0 Å². The summed E-state index contributed by atoms with van der Waals surface area (Å²) in [5.41, 5.74) is 0. The van der Waals surface area contributed by atoms with Crippen LogP contribution in [0.3, 0.4) is 0 Å². The smallest absolute Gasteiger partial charge is 0.120 e. The lowest BCUT2D eigenvalue weighted by molar-refractivity contribution is -0.107. The average Bonchev–Trinajstić information content (AvgIpc) is 2.31. The molecule has 0 amide bonds. The first-order valence-corrected chi connectivity index (χ1v) is 3.87. The highest BCUT2D eigenvalue weighted by Gasteiger charge is 1.97. The van der Waals surface area contributed by atoms with Crippen molar-refractivity contribution in [2.24, 2.45) is 0 Å². The van der Waals surface area contributed by atoms with Crippen molar-refractivity contribution < 1.29 is 4.79 Å². The van der Waals surface area contributed by atoms with Gasteiger partial charge in [-0.05, 0) is 6.92 Å². The van der Waals surface area contributed by atoms with Crippen molar-refractivity contribution in [2.45, 2.75) is 19.8 Å². The van der Waals surface area contributed by atoms with E-state index in [0.29, 0.717) is 6.42 Å². The van der Waals surface area contributed by atoms with E-state index >= 15 is 0 Å². The number of hydrogen-bond acceptors (Lipinski definition) is 4. The van der Waals surface area contributed by atoms with E-state index in [4.69, 9.17) is 0 Å². The molecule has 0 aliphatic carbocycles. The van der Waals surface area contributed by atoms with Gasteiger partial charge in [0.2, 0.25) is 0 Å². The lowest BCUT2D eigenvalue weighted by Gasteiger charge is -1.82. The normalized spacial score (nSPS) is 9.70. The molecule has 0 fully saturated rings. The molecule has 4 heteroatoms. The average molecular weight is 156 g/mol. The zero-order valence-electron chi connectivity index (χ0n) is 5.70. The van der Waals surface area contributed by atoms with Gasteiger partial charge in [0.1, 0.15) is 16.3 Å². The molecule has 1 aromatic rings. The van der Waals surface area contributed by atoms with Crippen molar-refractivity contribution in [2.75, 3.05) is 0 Å². The summed E-state index contributed by atoms with van der Waals surface area (Å²) in [7, 11) is 0. The van der Waals surface area contributed by atoms with Crippen LogP contribution in [0.2, 0.25) is 0 Å². The highest BCUT2D eigenvalue weighted by atomic mass is 32.1. The Morgan fingerprint density at radius 3 is 2.90 bits per heavy atom. The molecule has 3 nitrogen and oxygen atoms in total. The molecule has 0 atom stereocenters. The molecule has 1 heterocycles. The SMILES string of the molecule is Cc1nnc(CCC=O)s1. The summed E-state index contributed by atoms with van der Waals surface area (Å²) in [5.74, 6) is 0. The maximum Gasteiger partial charge on any atom is 0.120 e. The number of carbonyl (C=O) groups is 1. The van der Waals surface area contributed by atoms with E-state index in [2.05, 4.69) is 10.2 Å². The van der Waals surface area contributed by atoms with Gasteiger partial charge in [0, 0.05) is 12.8 Å². The number of carbonyl (C=O) groups excluding carboxylic acids is 1. The minimum Gasteiger partial charge on any atom is -0.303 e. The summed E-state index contributed by atoms with van der Waals surface area (Å²) >= 11 is 1.55. The molecule has 1 rings (SSSR count). The van der Waals surface area contributed by atoms with Gasteiger partial charge in [-0.1, -0.05) is 0 Å². The number of hydrogen-bond donors (Lipinski definition) is 0. The summed E-state index contributed by atoms with van der Waals surface area (Å²) < 4.78 is 0. The van der Waals surface area contributed by atoms with Crippen molar-refractivity contribution >= 4 is 17.6 Å². The molecule has 0 bridgehead atoms. The molecular formula is C6H8N2OS. The number of nitrogens with zero attached hydrogens (tertiary/aromatic N) is 2. The minimum absolute atomic E-state index is 0.550. The molecule has 0 aliphatic rings. The molecule has 54 valence electrons. The van der Waals surface area contributed by atoms with Crippen LogP contribution >= 0.6 is 11.3 Å². The zero-order valence-corrected chi connectivity index (χ0v) is 6.52. The van der Waals surface area contributed by atoms with Crippen LogP contribution in [0.15, 0.2) is 0 Å². The Morgan fingerprint density at radius 1 is 1.60 bits per heavy atom. The van der Waals surface area contributed by atoms with E-state index in [9.17, 15) is 4.79 Å². The minimum atomic E-state index is 0.550. The third kappa shape index (κ3) is 1.88. The quantitative estimate of drug-likeness (QED) is 0.612. The second-order valence-corrected chi connectivity index (χ2v) is 3.19. The second kappa shape index (κ2) is 3.41. The summed E-state index contributed by atoms with van der Waals surface area (Å²) in [6.07, 6.45) is 2.18. The van der Waals surface area contributed by atoms with Crippen LogP contribution in [0.1, 0.15) is 16.4 Å². The summed E-state index contributed by atoms with van der Waals surface area (Å²) in [6, 6.07) is 0. The molecule has 10 heavy (non-hydrogen) atoms.